The minimum absolute atomic E-state index is 0.0576. The van der Waals surface area contributed by atoms with Gasteiger partial charge in [0.25, 0.3) is 0 Å². The van der Waals surface area contributed by atoms with Crippen LogP contribution in [0.2, 0.25) is 0 Å². The van der Waals surface area contributed by atoms with Gasteiger partial charge < -0.3 is 14.4 Å². The third-order valence-corrected chi connectivity index (χ3v) is 6.12. The van der Waals surface area contributed by atoms with Gasteiger partial charge in [-0.15, -0.1) is 5.10 Å². The van der Waals surface area contributed by atoms with E-state index in [4.69, 9.17) is 9.47 Å². The molecule has 1 amide bonds. The van der Waals surface area contributed by atoms with E-state index in [1.807, 2.05) is 4.90 Å². The topological polar surface area (TPSA) is 82.4 Å². The molecule has 138 valence electrons. The van der Waals surface area contributed by atoms with Crippen LogP contribution in [0.25, 0.3) is 0 Å². The molecule has 2 aliphatic carbocycles. The lowest BCUT2D eigenvalue weighted by Crippen LogP contribution is -2.53. The second-order valence-electron chi connectivity index (χ2n) is 7.68. The molecule has 1 aromatic heterocycles. The first-order valence-corrected chi connectivity index (χ1v) is 9.30. The van der Waals surface area contributed by atoms with Crippen LogP contribution in [-0.4, -0.2) is 69.0 Å². The summed E-state index contributed by atoms with van der Waals surface area (Å²) in [5, 5.41) is 11.4. The molecule has 0 unspecified atom stereocenters. The van der Waals surface area contributed by atoms with Crippen LogP contribution in [-0.2, 0) is 20.8 Å². The van der Waals surface area contributed by atoms with Crippen molar-refractivity contribution < 1.29 is 14.3 Å². The van der Waals surface area contributed by atoms with E-state index in [0.29, 0.717) is 5.82 Å². The summed E-state index contributed by atoms with van der Waals surface area (Å²) in [6, 6.07) is 0.0831. The zero-order valence-corrected chi connectivity index (χ0v) is 15.1. The minimum Gasteiger partial charge on any atom is -0.378 e. The number of rotatable bonds is 6. The van der Waals surface area contributed by atoms with Gasteiger partial charge in [-0.05, 0) is 61.8 Å². The standard InChI is InChI=1S/C17H27N5O3/c1-12-18-19-20-22(12)10-16(23)21-8-7-17(24-2)6-5-14(9-15(17)21)25-11-13-3-4-13/h13-15H,3-11H2,1-2H3/t14-,15-,17+/m0/s1. The molecule has 4 rings (SSSR count). The molecule has 0 aromatic carbocycles. The predicted octanol–water partition coefficient (Wildman–Crippen LogP) is 0.947. The monoisotopic (exact) mass is 349 g/mol. The second kappa shape index (κ2) is 6.64. The lowest BCUT2D eigenvalue weighted by atomic mass is 9.79. The number of aryl methyl sites for hydroxylation is 1. The maximum atomic E-state index is 12.9. The average molecular weight is 349 g/mol. The van der Waals surface area contributed by atoms with Crippen LogP contribution >= 0.6 is 0 Å². The van der Waals surface area contributed by atoms with E-state index in [1.165, 1.54) is 12.8 Å². The fraction of sp³-hybridized carbons (Fsp3) is 0.882. The van der Waals surface area contributed by atoms with Crippen molar-refractivity contribution in [2.24, 2.45) is 5.92 Å². The van der Waals surface area contributed by atoms with E-state index in [9.17, 15) is 4.79 Å². The summed E-state index contributed by atoms with van der Waals surface area (Å²) in [7, 11) is 1.78. The molecule has 0 radical (unpaired) electrons. The smallest absolute Gasteiger partial charge is 0.244 e. The van der Waals surface area contributed by atoms with Gasteiger partial charge in [0, 0.05) is 20.3 Å². The third kappa shape index (κ3) is 3.29. The Labute approximate surface area is 147 Å². The summed E-state index contributed by atoms with van der Waals surface area (Å²) in [5.74, 6) is 1.47. The number of hydrogen-bond donors (Lipinski definition) is 0. The van der Waals surface area contributed by atoms with Crippen molar-refractivity contribution in [3.63, 3.8) is 0 Å². The zero-order valence-electron chi connectivity index (χ0n) is 15.1. The summed E-state index contributed by atoms with van der Waals surface area (Å²) in [4.78, 5) is 14.8. The molecule has 3 fully saturated rings. The number of tetrazole rings is 1. The van der Waals surface area contributed by atoms with Crippen molar-refractivity contribution in [2.75, 3.05) is 20.3 Å². The highest BCUT2D eigenvalue weighted by Gasteiger charge is 2.52. The van der Waals surface area contributed by atoms with E-state index >= 15 is 0 Å². The van der Waals surface area contributed by atoms with Crippen molar-refractivity contribution in [1.82, 2.24) is 25.1 Å². The summed E-state index contributed by atoms with van der Waals surface area (Å²) in [5.41, 5.74) is -0.217. The Kier molecular flexibility index (Phi) is 4.49. The van der Waals surface area contributed by atoms with E-state index in [1.54, 1.807) is 18.7 Å². The number of carbonyl (C=O) groups excluding carboxylic acids is 1. The number of fused-ring (bicyclic) bond motifs is 1. The molecule has 2 heterocycles. The summed E-state index contributed by atoms with van der Waals surface area (Å²) in [6.45, 7) is 3.59. The highest BCUT2D eigenvalue weighted by atomic mass is 16.5. The SMILES string of the molecule is CO[C@@]12CC[C@H](OCC3CC3)C[C@@H]1N(C(=O)Cn1nnnc1C)CC2. The molecule has 0 bridgehead atoms. The summed E-state index contributed by atoms with van der Waals surface area (Å²) < 4.78 is 13.6. The first-order valence-electron chi connectivity index (χ1n) is 9.30. The Morgan fingerprint density at radius 1 is 1.32 bits per heavy atom. The number of likely N-dealkylation sites (tertiary alicyclic amines) is 1. The van der Waals surface area contributed by atoms with Crippen LogP contribution in [0.5, 0.6) is 0 Å². The van der Waals surface area contributed by atoms with Gasteiger partial charge in [0.15, 0.2) is 0 Å². The summed E-state index contributed by atoms with van der Waals surface area (Å²) in [6.07, 6.45) is 6.56. The molecule has 25 heavy (non-hydrogen) atoms. The average Bonchev–Trinajstić information content (AvgIpc) is 3.25. The van der Waals surface area contributed by atoms with Crippen LogP contribution in [0.3, 0.4) is 0 Å². The van der Waals surface area contributed by atoms with Gasteiger partial charge >= 0.3 is 0 Å². The fourth-order valence-electron chi connectivity index (χ4n) is 4.28. The van der Waals surface area contributed by atoms with E-state index in [-0.39, 0.29) is 30.2 Å². The lowest BCUT2D eigenvalue weighted by molar-refractivity contribution is -0.142. The van der Waals surface area contributed by atoms with Gasteiger partial charge in [-0.3, -0.25) is 4.79 Å². The highest BCUT2D eigenvalue weighted by molar-refractivity contribution is 5.77. The van der Waals surface area contributed by atoms with Gasteiger partial charge in [-0.25, -0.2) is 4.68 Å². The van der Waals surface area contributed by atoms with E-state index in [0.717, 1.165) is 44.8 Å². The molecule has 2 saturated carbocycles. The maximum Gasteiger partial charge on any atom is 0.244 e. The van der Waals surface area contributed by atoms with Gasteiger partial charge in [-0.2, -0.15) is 0 Å². The Balaban J connectivity index is 1.44. The molecule has 8 heteroatoms. The van der Waals surface area contributed by atoms with E-state index in [2.05, 4.69) is 15.5 Å². The fourth-order valence-corrected chi connectivity index (χ4v) is 4.28. The van der Waals surface area contributed by atoms with Crippen molar-refractivity contribution in [1.29, 1.82) is 0 Å². The Hall–Kier alpha value is -1.54. The first kappa shape index (κ1) is 16.9. The number of carbonyl (C=O) groups is 1. The Bertz CT molecular complexity index is 632. The van der Waals surface area contributed by atoms with Crippen molar-refractivity contribution in [3.05, 3.63) is 5.82 Å². The number of aromatic nitrogens is 4. The van der Waals surface area contributed by atoms with Gasteiger partial charge in [-0.1, -0.05) is 0 Å². The van der Waals surface area contributed by atoms with Gasteiger partial charge in [0.05, 0.1) is 17.7 Å². The Morgan fingerprint density at radius 3 is 2.84 bits per heavy atom. The van der Waals surface area contributed by atoms with E-state index < -0.39 is 0 Å². The quantitative estimate of drug-likeness (QED) is 0.760. The highest BCUT2D eigenvalue weighted by Crippen LogP contribution is 2.43. The zero-order chi connectivity index (χ0) is 17.4. The van der Waals surface area contributed by atoms with Gasteiger partial charge in [0.1, 0.15) is 12.4 Å². The minimum atomic E-state index is -0.217. The van der Waals surface area contributed by atoms with Crippen LogP contribution in [0.15, 0.2) is 0 Å². The predicted molar refractivity (Wildman–Crippen MR) is 88.7 cm³/mol. The molecular formula is C17H27N5O3. The van der Waals surface area contributed by atoms with Crippen LogP contribution in [0.4, 0.5) is 0 Å². The number of amides is 1. The largest absolute Gasteiger partial charge is 0.378 e. The van der Waals surface area contributed by atoms with Crippen molar-refractivity contribution >= 4 is 5.91 Å². The molecule has 1 saturated heterocycles. The molecule has 3 atom stereocenters. The lowest BCUT2D eigenvalue weighted by Gasteiger charge is -2.43. The first-order chi connectivity index (χ1) is 12.1. The molecular weight excluding hydrogens is 322 g/mol. The number of ether oxygens (including phenoxy) is 2. The van der Waals surface area contributed by atoms with Crippen molar-refractivity contribution in [3.8, 4) is 0 Å². The number of hydrogen-bond acceptors (Lipinski definition) is 6. The van der Waals surface area contributed by atoms with Crippen molar-refractivity contribution in [2.45, 2.75) is 69.7 Å². The maximum absolute atomic E-state index is 12.9. The third-order valence-electron chi connectivity index (χ3n) is 6.12. The van der Waals surface area contributed by atoms with Gasteiger partial charge in [0.2, 0.25) is 5.91 Å². The molecule has 3 aliphatic rings. The number of nitrogens with zero attached hydrogens (tertiary/aromatic N) is 5. The Morgan fingerprint density at radius 2 is 2.16 bits per heavy atom. The molecule has 1 aromatic rings. The second-order valence-corrected chi connectivity index (χ2v) is 7.68. The summed E-state index contributed by atoms with van der Waals surface area (Å²) >= 11 is 0. The molecule has 0 spiro atoms. The van der Waals surface area contributed by atoms with Crippen LogP contribution in [0, 0.1) is 12.8 Å². The number of methoxy groups -OCH3 is 1. The van der Waals surface area contributed by atoms with Crippen LogP contribution in [0.1, 0.15) is 44.3 Å². The molecule has 8 nitrogen and oxygen atoms in total. The molecule has 1 aliphatic heterocycles. The van der Waals surface area contributed by atoms with Crippen LogP contribution < -0.4 is 0 Å². The normalized spacial score (nSPS) is 32.0. The molecule has 0 N–H and O–H groups in total.